The molecular weight excluding hydrogens is 589 g/mol. The Bertz CT molecular complexity index is 1650. The topological polar surface area (TPSA) is 77.9 Å². The van der Waals surface area contributed by atoms with Gasteiger partial charge in [0.1, 0.15) is 0 Å². The van der Waals surface area contributed by atoms with E-state index in [2.05, 4.69) is 56.1 Å². The van der Waals surface area contributed by atoms with Crippen molar-refractivity contribution < 1.29 is 18.2 Å². The van der Waals surface area contributed by atoms with Gasteiger partial charge >= 0.3 is 0 Å². The number of benzene rings is 2. The summed E-state index contributed by atoms with van der Waals surface area (Å²) in [5, 5.41) is 1.15. The van der Waals surface area contributed by atoms with Gasteiger partial charge in [-0.15, -0.1) is 0 Å². The molecule has 242 valence electrons. The summed E-state index contributed by atoms with van der Waals surface area (Å²) in [5.41, 5.74) is 6.08. The zero-order valence-corrected chi connectivity index (χ0v) is 27.3. The van der Waals surface area contributed by atoms with Crippen molar-refractivity contribution in [3.05, 3.63) is 53.6 Å². The zero-order chi connectivity index (χ0) is 31.6. The van der Waals surface area contributed by atoms with E-state index in [1.54, 1.807) is 0 Å². The largest absolute Gasteiger partial charge is 0.360 e. The smallest absolute Gasteiger partial charge is 0.262 e. The molecule has 10 heteroatoms. The van der Waals surface area contributed by atoms with Crippen LogP contribution in [-0.4, -0.2) is 94.5 Å². The molecule has 3 heterocycles. The van der Waals surface area contributed by atoms with Crippen molar-refractivity contribution in [1.29, 1.82) is 0 Å². The second-order valence-corrected chi connectivity index (χ2v) is 15.0. The van der Waals surface area contributed by atoms with Crippen molar-refractivity contribution in [2.24, 2.45) is 0 Å². The number of nitrogens with zero attached hydrogens (tertiary/aromatic N) is 4. The van der Waals surface area contributed by atoms with E-state index in [1.807, 2.05) is 23.1 Å². The third-order valence-corrected chi connectivity index (χ3v) is 11.4. The first-order valence-corrected chi connectivity index (χ1v) is 18.4. The number of aromatic nitrogens is 1. The summed E-state index contributed by atoms with van der Waals surface area (Å²) in [6.45, 7) is 7.56. The molecule has 1 aromatic heterocycles. The molecule has 45 heavy (non-hydrogen) atoms. The average molecular weight is 636 g/mol. The van der Waals surface area contributed by atoms with Crippen LogP contribution in [0.4, 0.5) is 10.1 Å². The minimum Gasteiger partial charge on any atom is -0.360 e. The molecule has 1 saturated carbocycles. The predicted octanol–water partition coefficient (Wildman–Crippen LogP) is 5.06. The highest BCUT2D eigenvalue weighted by Gasteiger charge is 2.32. The molecule has 0 radical (unpaired) electrons. The van der Waals surface area contributed by atoms with Gasteiger partial charge in [0, 0.05) is 82.4 Å². The summed E-state index contributed by atoms with van der Waals surface area (Å²) < 4.78 is 30.5. The van der Waals surface area contributed by atoms with Gasteiger partial charge in [0.25, 0.3) is 5.91 Å². The molecule has 2 amide bonds. The van der Waals surface area contributed by atoms with Crippen LogP contribution in [-0.2, 0) is 21.0 Å². The second kappa shape index (κ2) is 13.5. The fraction of sp³-hybridized carbons (Fsp3) is 0.514. The minimum absolute atomic E-state index is 0.00344. The minimum atomic E-state index is -2.94. The van der Waals surface area contributed by atoms with E-state index in [-0.39, 0.29) is 18.1 Å². The molecule has 2 fully saturated rings. The average Bonchev–Trinajstić information content (AvgIpc) is 3.30. The number of amides is 2. The van der Waals surface area contributed by atoms with Crippen LogP contribution in [0, 0.1) is 0 Å². The first kappa shape index (κ1) is 31.6. The fourth-order valence-corrected chi connectivity index (χ4v) is 8.58. The van der Waals surface area contributed by atoms with Crippen molar-refractivity contribution in [3.8, 4) is 11.3 Å². The van der Waals surface area contributed by atoms with Crippen molar-refractivity contribution in [2.75, 3.05) is 63.1 Å². The molecule has 2 aliphatic heterocycles. The number of rotatable bonds is 9. The Kier molecular flexibility index (Phi) is 9.52. The van der Waals surface area contributed by atoms with E-state index < -0.39 is 22.3 Å². The van der Waals surface area contributed by atoms with Crippen LogP contribution in [0.15, 0.2) is 42.5 Å². The Morgan fingerprint density at radius 3 is 2.49 bits per heavy atom. The predicted molar refractivity (Wildman–Crippen MR) is 182 cm³/mol. The normalized spacial score (nSPS) is 19.1. The number of alkyl halides is 1. The maximum Gasteiger partial charge on any atom is 0.262 e. The first-order valence-electron chi connectivity index (χ1n) is 16.5. The van der Waals surface area contributed by atoms with Gasteiger partial charge in [0.15, 0.2) is 0 Å². The molecule has 6 rings (SSSR count). The van der Waals surface area contributed by atoms with Crippen LogP contribution in [0.5, 0.6) is 0 Å². The summed E-state index contributed by atoms with van der Waals surface area (Å²) in [6.07, 6.45) is 5.98. The van der Waals surface area contributed by atoms with E-state index in [4.69, 9.17) is 0 Å². The molecule has 3 aromatic rings. The van der Waals surface area contributed by atoms with Gasteiger partial charge in [0.2, 0.25) is 5.91 Å². The lowest BCUT2D eigenvalue weighted by atomic mass is 9.81. The van der Waals surface area contributed by atoms with Crippen LogP contribution in [0.2, 0.25) is 0 Å². The van der Waals surface area contributed by atoms with Gasteiger partial charge in [-0.3, -0.25) is 18.7 Å². The molecule has 1 N–H and O–H groups in total. The highest BCUT2D eigenvalue weighted by Crippen LogP contribution is 2.47. The molecule has 0 spiro atoms. The monoisotopic (exact) mass is 635 g/mol. The number of para-hydroxylation sites is 1. The number of halogens is 1. The fourth-order valence-electron chi connectivity index (χ4n) is 7.44. The molecule has 1 saturated heterocycles. The molecule has 1 atom stereocenters. The number of carbonyl (C=O) groups is 2. The summed E-state index contributed by atoms with van der Waals surface area (Å²) in [6, 6.07) is 14.2. The van der Waals surface area contributed by atoms with Crippen LogP contribution in [0.3, 0.4) is 0 Å². The van der Waals surface area contributed by atoms with Crippen LogP contribution < -0.4 is 9.62 Å². The van der Waals surface area contributed by atoms with Gasteiger partial charge in [0.05, 0.1) is 18.9 Å². The molecule has 1 aliphatic carbocycles. The number of hydrogen-bond acceptors (Lipinski definition) is 5. The number of carbonyl (C=O) groups excluding carboxylic acids is 2. The van der Waals surface area contributed by atoms with Gasteiger partial charge in [-0.05, 0) is 61.4 Å². The molecule has 2 aromatic carbocycles. The van der Waals surface area contributed by atoms with E-state index in [9.17, 15) is 18.2 Å². The highest BCUT2D eigenvalue weighted by atomic mass is 32.2. The Morgan fingerprint density at radius 1 is 1.00 bits per heavy atom. The standard InChI is InChI=1S/C35H46FN5O3S/c1-3-38-17-19-39(20-18-38)32(42)25-40-21-22-41-31-24-27(35(43)37-45(2,44)23-9-16-36)14-15-28(31)33(26-10-5-4-6-11-26)34(41)29-12-7-8-13-30(29)40/h7-8,12-15,24,26H,2-6,9-11,16-23,25H2,1H3,(H,37,43,44). The SMILES string of the molecule is C=S(=O)(CCCF)NC(=O)c1ccc2c(C3CCCCC3)c3n(c2c1)CCN(CC(=O)N1CCN(CC)CC1)c1ccccc1-3. The third-order valence-electron chi connectivity index (χ3n) is 9.86. The van der Waals surface area contributed by atoms with E-state index in [0.29, 0.717) is 31.1 Å². The van der Waals surface area contributed by atoms with E-state index >= 15 is 0 Å². The van der Waals surface area contributed by atoms with Gasteiger partial charge in [-0.1, -0.05) is 50.5 Å². The van der Waals surface area contributed by atoms with Crippen molar-refractivity contribution in [3.63, 3.8) is 0 Å². The number of likely N-dealkylation sites (N-methyl/N-ethyl adjacent to an activating group) is 1. The van der Waals surface area contributed by atoms with Gasteiger partial charge < -0.3 is 19.3 Å². The van der Waals surface area contributed by atoms with Crippen molar-refractivity contribution in [2.45, 2.75) is 57.9 Å². The lowest BCUT2D eigenvalue weighted by Crippen LogP contribution is -2.51. The molecule has 0 bridgehead atoms. The lowest BCUT2D eigenvalue weighted by Gasteiger charge is -2.35. The van der Waals surface area contributed by atoms with Crippen LogP contribution in [0.1, 0.15) is 67.3 Å². The highest BCUT2D eigenvalue weighted by molar-refractivity contribution is 7.99. The lowest BCUT2D eigenvalue weighted by molar-refractivity contribution is -0.131. The maximum absolute atomic E-state index is 13.6. The quantitative estimate of drug-likeness (QED) is 0.333. The first-order chi connectivity index (χ1) is 21.8. The zero-order valence-electron chi connectivity index (χ0n) is 26.4. The van der Waals surface area contributed by atoms with Crippen LogP contribution in [0.25, 0.3) is 22.2 Å². The molecular formula is C35H46FN5O3S. The number of piperazine rings is 1. The maximum atomic E-state index is 13.6. The molecule has 3 aliphatic rings. The van der Waals surface area contributed by atoms with Crippen LogP contribution >= 0.6 is 0 Å². The van der Waals surface area contributed by atoms with Crippen molar-refractivity contribution >= 4 is 44.0 Å². The Morgan fingerprint density at radius 2 is 1.76 bits per heavy atom. The van der Waals surface area contributed by atoms with E-state index in [0.717, 1.165) is 67.7 Å². The second-order valence-electron chi connectivity index (χ2n) is 12.7. The Balaban J connectivity index is 1.38. The third kappa shape index (κ3) is 6.63. The number of hydrogen-bond donors (Lipinski definition) is 1. The number of nitrogens with one attached hydrogen (secondary N) is 1. The van der Waals surface area contributed by atoms with Crippen molar-refractivity contribution in [1.82, 2.24) is 19.1 Å². The molecule has 1 unspecified atom stereocenters. The summed E-state index contributed by atoms with van der Waals surface area (Å²) >= 11 is 0. The summed E-state index contributed by atoms with van der Waals surface area (Å²) in [4.78, 5) is 33.5. The van der Waals surface area contributed by atoms with E-state index in [1.165, 1.54) is 30.5 Å². The van der Waals surface area contributed by atoms with Gasteiger partial charge in [-0.2, -0.15) is 0 Å². The molecule has 8 nitrogen and oxygen atoms in total. The Labute approximate surface area is 266 Å². The summed E-state index contributed by atoms with van der Waals surface area (Å²) in [7, 11) is -2.94. The number of anilines is 1. The number of fused-ring (bicyclic) bond motifs is 5. The Hall–Kier alpha value is -3.37. The summed E-state index contributed by atoms with van der Waals surface area (Å²) in [5.74, 6) is 3.78. The van der Waals surface area contributed by atoms with Gasteiger partial charge in [-0.25, -0.2) is 4.21 Å².